The zero-order chi connectivity index (χ0) is 12.3. The van der Waals surface area contributed by atoms with Crippen LogP contribution >= 0.6 is 15.9 Å². The van der Waals surface area contributed by atoms with Gasteiger partial charge in [-0.3, -0.25) is 9.59 Å². The topological polar surface area (TPSA) is 39.1 Å². The Morgan fingerprint density at radius 2 is 2.06 bits per heavy atom. The average Bonchev–Trinajstić information content (AvgIpc) is 2.36. The minimum Gasteiger partial charge on any atom is -0.307 e. The van der Waals surface area contributed by atoms with Crippen LogP contribution in [0.5, 0.6) is 0 Å². The first-order chi connectivity index (χ1) is 8.18. The number of carbonyl (C=O) groups excluding carboxylic acids is 1. The Morgan fingerprint density at radius 3 is 2.76 bits per heavy atom. The van der Waals surface area contributed by atoms with Crippen LogP contribution in [0.4, 0.5) is 0 Å². The third-order valence-electron chi connectivity index (χ3n) is 3.36. The minimum absolute atomic E-state index is 0.128. The monoisotopic (exact) mass is 297 g/mol. The number of hydrogen-bond acceptors (Lipinski definition) is 2. The van der Waals surface area contributed by atoms with Gasteiger partial charge in [-0.2, -0.15) is 0 Å². The molecule has 4 heteroatoms. The molecule has 0 saturated heterocycles. The first kappa shape index (κ1) is 12.6. The van der Waals surface area contributed by atoms with Crippen LogP contribution in [0.15, 0.2) is 27.6 Å². The van der Waals surface area contributed by atoms with E-state index in [1.807, 2.05) is 0 Å². The van der Waals surface area contributed by atoms with E-state index in [-0.39, 0.29) is 23.8 Å². The van der Waals surface area contributed by atoms with E-state index in [1.54, 1.807) is 18.3 Å². The molecule has 1 aromatic heterocycles. The van der Waals surface area contributed by atoms with Crippen molar-refractivity contribution in [3.63, 3.8) is 0 Å². The van der Waals surface area contributed by atoms with Crippen molar-refractivity contribution in [1.29, 1.82) is 0 Å². The van der Waals surface area contributed by atoms with Crippen LogP contribution in [0, 0.1) is 5.92 Å². The summed E-state index contributed by atoms with van der Waals surface area (Å²) in [6, 6.07) is 3.48. The maximum atomic E-state index is 12.1. The van der Waals surface area contributed by atoms with E-state index in [2.05, 4.69) is 15.9 Å². The number of aromatic nitrogens is 1. The van der Waals surface area contributed by atoms with Gasteiger partial charge in [0, 0.05) is 12.1 Å². The van der Waals surface area contributed by atoms with Gasteiger partial charge in [0.1, 0.15) is 0 Å². The molecule has 0 unspecified atom stereocenters. The highest BCUT2D eigenvalue weighted by atomic mass is 79.9. The van der Waals surface area contributed by atoms with Crippen LogP contribution in [0.2, 0.25) is 0 Å². The number of Topliss-reactive ketones (excluding diaryl/α,β-unsaturated/α-hetero) is 1. The first-order valence-electron chi connectivity index (χ1n) is 6.06. The molecule has 0 bridgehead atoms. The van der Waals surface area contributed by atoms with Gasteiger partial charge in [0.05, 0.1) is 11.0 Å². The molecule has 1 fully saturated rings. The van der Waals surface area contributed by atoms with E-state index < -0.39 is 0 Å². The molecule has 0 aromatic carbocycles. The van der Waals surface area contributed by atoms with Crippen molar-refractivity contribution in [3.8, 4) is 0 Å². The van der Waals surface area contributed by atoms with E-state index in [0.717, 1.165) is 25.7 Å². The van der Waals surface area contributed by atoms with E-state index >= 15 is 0 Å². The largest absolute Gasteiger partial charge is 0.307 e. The van der Waals surface area contributed by atoms with Crippen LogP contribution in [0.1, 0.15) is 32.1 Å². The third kappa shape index (κ3) is 3.06. The Hall–Kier alpha value is -0.900. The predicted octanol–water partition coefficient (Wildman–Crippen LogP) is 2.76. The molecule has 1 aliphatic rings. The predicted molar refractivity (Wildman–Crippen MR) is 70.0 cm³/mol. The van der Waals surface area contributed by atoms with Gasteiger partial charge in [-0.15, -0.1) is 0 Å². The van der Waals surface area contributed by atoms with E-state index in [1.165, 1.54) is 11.0 Å². The zero-order valence-electron chi connectivity index (χ0n) is 9.69. The molecule has 0 radical (unpaired) electrons. The summed E-state index contributed by atoms with van der Waals surface area (Å²) in [5.41, 5.74) is -0.128. The molecule has 1 heterocycles. The molecular weight excluding hydrogens is 282 g/mol. The second-order valence-electron chi connectivity index (χ2n) is 4.59. The molecule has 0 amide bonds. The number of nitrogens with zero attached hydrogens (tertiary/aromatic N) is 1. The number of hydrogen-bond donors (Lipinski definition) is 0. The van der Waals surface area contributed by atoms with Crippen LogP contribution < -0.4 is 5.56 Å². The van der Waals surface area contributed by atoms with Gasteiger partial charge >= 0.3 is 0 Å². The first-order valence-corrected chi connectivity index (χ1v) is 6.85. The van der Waals surface area contributed by atoms with E-state index in [0.29, 0.717) is 4.47 Å². The van der Waals surface area contributed by atoms with E-state index in [9.17, 15) is 9.59 Å². The fourth-order valence-electron chi connectivity index (χ4n) is 2.35. The highest BCUT2D eigenvalue weighted by Crippen LogP contribution is 2.24. The van der Waals surface area contributed by atoms with Crippen molar-refractivity contribution in [2.45, 2.75) is 38.6 Å². The fraction of sp³-hybridized carbons (Fsp3) is 0.538. The van der Waals surface area contributed by atoms with Crippen molar-refractivity contribution in [2.24, 2.45) is 5.92 Å². The van der Waals surface area contributed by atoms with Crippen molar-refractivity contribution in [1.82, 2.24) is 4.57 Å². The molecule has 1 saturated carbocycles. The van der Waals surface area contributed by atoms with Crippen LogP contribution in [-0.2, 0) is 11.3 Å². The van der Waals surface area contributed by atoms with Crippen molar-refractivity contribution in [2.75, 3.05) is 0 Å². The van der Waals surface area contributed by atoms with Gasteiger partial charge in [-0.05, 0) is 40.9 Å². The normalized spacial score (nSPS) is 17.0. The van der Waals surface area contributed by atoms with Crippen molar-refractivity contribution < 1.29 is 4.79 Å². The molecule has 92 valence electrons. The van der Waals surface area contributed by atoms with Crippen LogP contribution in [0.25, 0.3) is 0 Å². The molecule has 3 nitrogen and oxygen atoms in total. The average molecular weight is 298 g/mol. The molecule has 0 N–H and O–H groups in total. The molecule has 1 aliphatic carbocycles. The summed E-state index contributed by atoms with van der Waals surface area (Å²) >= 11 is 3.19. The molecule has 17 heavy (non-hydrogen) atoms. The van der Waals surface area contributed by atoms with Gasteiger partial charge in [0.2, 0.25) is 0 Å². The molecule has 0 aliphatic heterocycles. The lowest BCUT2D eigenvalue weighted by molar-refractivity contribution is -0.124. The summed E-state index contributed by atoms with van der Waals surface area (Å²) < 4.78 is 2.00. The molecule has 0 spiro atoms. The third-order valence-corrected chi connectivity index (χ3v) is 3.96. The van der Waals surface area contributed by atoms with Gasteiger partial charge in [-0.1, -0.05) is 19.3 Å². The number of pyridine rings is 1. The fourth-order valence-corrected chi connectivity index (χ4v) is 2.73. The van der Waals surface area contributed by atoms with Gasteiger partial charge < -0.3 is 4.57 Å². The SMILES string of the molecule is O=C(Cn1cccc(Br)c1=O)C1CCCCC1. The lowest BCUT2D eigenvalue weighted by Crippen LogP contribution is -2.28. The van der Waals surface area contributed by atoms with E-state index in [4.69, 9.17) is 0 Å². The lowest BCUT2D eigenvalue weighted by atomic mass is 9.86. The molecular formula is C13H16BrNO2. The maximum absolute atomic E-state index is 12.1. The molecule has 0 atom stereocenters. The van der Waals surface area contributed by atoms with Crippen molar-refractivity contribution >= 4 is 21.7 Å². The Bertz CT molecular complexity index is 461. The van der Waals surface area contributed by atoms with Crippen LogP contribution in [0.3, 0.4) is 0 Å². The van der Waals surface area contributed by atoms with Gasteiger partial charge in [-0.25, -0.2) is 0 Å². The molecule has 1 aromatic rings. The standard InChI is InChI=1S/C13H16BrNO2/c14-11-7-4-8-15(13(11)17)9-12(16)10-5-2-1-3-6-10/h4,7-8,10H,1-3,5-6,9H2. The van der Waals surface area contributed by atoms with Crippen LogP contribution in [-0.4, -0.2) is 10.4 Å². The summed E-state index contributed by atoms with van der Waals surface area (Å²) in [6.45, 7) is 0.211. The number of halogens is 1. The Labute approximate surface area is 109 Å². The Kier molecular flexibility index (Phi) is 4.15. The summed E-state index contributed by atoms with van der Waals surface area (Å²) in [4.78, 5) is 23.8. The highest BCUT2D eigenvalue weighted by molar-refractivity contribution is 9.10. The smallest absolute Gasteiger partial charge is 0.265 e. The number of carbonyl (C=O) groups is 1. The number of rotatable bonds is 3. The molecule has 2 rings (SSSR count). The maximum Gasteiger partial charge on any atom is 0.265 e. The van der Waals surface area contributed by atoms with Crippen molar-refractivity contribution in [3.05, 3.63) is 33.2 Å². The van der Waals surface area contributed by atoms with Gasteiger partial charge in [0.15, 0.2) is 5.78 Å². The Morgan fingerprint density at radius 1 is 1.35 bits per heavy atom. The summed E-state index contributed by atoms with van der Waals surface area (Å²) in [5.74, 6) is 0.361. The number of ketones is 1. The summed E-state index contributed by atoms with van der Waals surface area (Å²) in [6.07, 6.45) is 7.17. The summed E-state index contributed by atoms with van der Waals surface area (Å²) in [5, 5.41) is 0. The quantitative estimate of drug-likeness (QED) is 0.860. The van der Waals surface area contributed by atoms with Gasteiger partial charge in [0.25, 0.3) is 5.56 Å². The highest BCUT2D eigenvalue weighted by Gasteiger charge is 2.21. The second kappa shape index (κ2) is 5.63. The lowest BCUT2D eigenvalue weighted by Gasteiger charge is -2.20. The zero-order valence-corrected chi connectivity index (χ0v) is 11.3. The minimum atomic E-state index is -0.128. The second-order valence-corrected chi connectivity index (χ2v) is 5.44. The summed E-state index contributed by atoms with van der Waals surface area (Å²) in [7, 11) is 0. The Balaban J connectivity index is 2.07.